The third-order valence-electron chi connectivity index (χ3n) is 5.81. The maximum atomic E-state index is 12.7. The molecule has 11 nitrogen and oxygen atoms in total. The van der Waals surface area contributed by atoms with Gasteiger partial charge in [-0.1, -0.05) is 11.6 Å². The van der Waals surface area contributed by atoms with Crippen molar-refractivity contribution >= 4 is 35.1 Å². The van der Waals surface area contributed by atoms with Gasteiger partial charge < -0.3 is 35.0 Å². The highest BCUT2D eigenvalue weighted by Gasteiger charge is 2.34. The van der Waals surface area contributed by atoms with Crippen LogP contribution >= 0.6 is 11.6 Å². The van der Waals surface area contributed by atoms with Crippen molar-refractivity contribution in [1.82, 2.24) is 9.80 Å². The number of carboxylic acid groups (broad SMARTS) is 2. The number of carbonyl (C=O) groups excluding carboxylic acids is 1. The predicted molar refractivity (Wildman–Crippen MR) is 124 cm³/mol. The maximum absolute atomic E-state index is 12.7. The molecule has 4 N–H and O–H groups in total. The van der Waals surface area contributed by atoms with Crippen LogP contribution in [0.25, 0.3) is 0 Å². The summed E-state index contributed by atoms with van der Waals surface area (Å²) in [5.41, 5.74) is 0.955. The van der Waals surface area contributed by atoms with Gasteiger partial charge in [0.1, 0.15) is 0 Å². The molecule has 0 unspecified atom stereocenters. The number of benzene rings is 1. The third-order valence-corrected chi connectivity index (χ3v) is 6.07. The smallest absolute Gasteiger partial charge is 0.335 e. The van der Waals surface area contributed by atoms with Crippen molar-refractivity contribution in [2.45, 2.75) is 18.6 Å². The van der Waals surface area contributed by atoms with Crippen molar-refractivity contribution in [2.75, 3.05) is 64.4 Å². The molecule has 0 aliphatic carbocycles. The van der Waals surface area contributed by atoms with Gasteiger partial charge in [0.2, 0.25) is 5.91 Å². The molecule has 0 saturated carbocycles. The molecule has 12 heteroatoms. The zero-order chi connectivity index (χ0) is 25.3. The van der Waals surface area contributed by atoms with E-state index in [1.807, 2.05) is 29.2 Å². The highest BCUT2D eigenvalue weighted by atomic mass is 35.5. The molecule has 0 radical (unpaired) electrons. The van der Waals surface area contributed by atoms with Crippen molar-refractivity contribution in [2.24, 2.45) is 5.92 Å². The van der Waals surface area contributed by atoms with Crippen LogP contribution in [0.1, 0.15) is 6.42 Å². The van der Waals surface area contributed by atoms with Crippen LogP contribution in [0.4, 0.5) is 5.69 Å². The van der Waals surface area contributed by atoms with Crippen LogP contribution in [0.15, 0.2) is 24.3 Å². The molecular weight excluding hydrogens is 470 g/mol. The monoisotopic (exact) mass is 501 g/mol. The minimum Gasteiger partial charge on any atom is -0.479 e. The van der Waals surface area contributed by atoms with Crippen molar-refractivity contribution in [3.05, 3.63) is 29.3 Å². The summed E-state index contributed by atoms with van der Waals surface area (Å²) in [4.78, 5) is 39.0. The molecule has 3 atom stereocenters. The fourth-order valence-corrected chi connectivity index (χ4v) is 3.91. The normalized spacial score (nSPS) is 21.0. The summed E-state index contributed by atoms with van der Waals surface area (Å²) in [6, 6.07) is 7.54. The second kappa shape index (κ2) is 13.6. The first kappa shape index (κ1) is 28.0. The largest absolute Gasteiger partial charge is 0.479 e. The molecule has 3 rings (SSSR count). The molecule has 0 bridgehead atoms. The number of amides is 1. The number of hydrogen-bond acceptors (Lipinski definition) is 8. The van der Waals surface area contributed by atoms with Gasteiger partial charge >= 0.3 is 11.9 Å². The number of hydrogen-bond donors (Lipinski definition) is 4. The number of carboxylic acids is 2. The van der Waals surface area contributed by atoms with E-state index in [-0.39, 0.29) is 11.8 Å². The Morgan fingerprint density at radius 3 is 2.03 bits per heavy atom. The topological polar surface area (TPSA) is 151 Å². The number of carbonyl (C=O) groups is 3. The summed E-state index contributed by atoms with van der Waals surface area (Å²) < 4.78 is 5.14. The number of ether oxygens (including phenoxy) is 1. The zero-order valence-corrected chi connectivity index (χ0v) is 19.8. The SMILES string of the molecule is COCCN1CCN(C[C@H]2CCN(c3ccc(Cl)cc3)C2=O)CC1.O=C(O)[C@H](O)[C@@H](O)C(=O)O. The molecular formula is C22H32ClN3O8. The maximum Gasteiger partial charge on any atom is 0.335 e. The number of anilines is 1. The lowest BCUT2D eigenvalue weighted by atomic mass is 10.1. The fourth-order valence-electron chi connectivity index (χ4n) is 3.78. The summed E-state index contributed by atoms with van der Waals surface area (Å²) in [5, 5.41) is 33.2. The highest BCUT2D eigenvalue weighted by Crippen LogP contribution is 2.27. The van der Waals surface area contributed by atoms with E-state index in [1.54, 1.807) is 7.11 Å². The van der Waals surface area contributed by atoms with E-state index in [9.17, 15) is 14.4 Å². The lowest BCUT2D eigenvalue weighted by molar-refractivity contribution is -0.165. The summed E-state index contributed by atoms with van der Waals surface area (Å²) in [6.07, 6.45) is -3.60. The van der Waals surface area contributed by atoms with Gasteiger partial charge in [0.15, 0.2) is 12.2 Å². The van der Waals surface area contributed by atoms with E-state index in [0.29, 0.717) is 5.02 Å². The van der Waals surface area contributed by atoms with Crippen LogP contribution in [0.3, 0.4) is 0 Å². The third kappa shape index (κ3) is 8.19. The molecule has 2 heterocycles. The van der Waals surface area contributed by atoms with Crippen LogP contribution in [-0.2, 0) is 19.1 Å². The van der Waals surface area contributed by atoms with Gasteiger partial charge in [-0.3, -0.25) is 9.69 Å². The number of methoxy groups -OCH3 is 1. The van der Waals surface area contributed by atoms with Crippen LogP contribution in [0.5, 0.6) is 0 Å². The Balaban J connectivity index is 0.000000347. The minimum atomic E-state index is -2.27. The number of rotatable bonds is 9. The molecule has 0 spiro atoms. The van der Waals surface area contributed by atoms with E-state index >= 15 is 0 Å². The van der Waals surface area contributed by atoms with Gasteiger partial charge in [-0.25, -0.2) is 9.59 Å². The summed E-state index contributed by atoms with van der Waals surface area (Å²) in [7, 11) is 1.74. The summed E-state index contributed by atoms with van der Waals surface area (Å²) in [6.45, 7) is 7.66. The second-order valence-corrected chi connectivity index (χ2v) is 8.59. The lowest BCUT2D eigenvalue weighted by Crippen LogP contribution is -2.49. The van der Waals surface area contributed by atoms with E-state index in [2.05, 4.69) is 9.80 Å². The minimum absolute atomic E-state index is 0.117. The predicted octanol–water partition coefficient (Wildman–Crippen LogP) is -0.166. The van der Waals surface area contributed by atoms with Crippen molar-refractivity contribution < 1.29 is 39.5 Å². The van der Waals surface area contributed by atoms with Gasteiger partial charge in [0, 0.05) is 63.6 Å². The van der Waals surface area contributed by atoms with Gasteiger partial charge in [-0.2, -0.15) is 0 Å². The van der Waals surface area contributed by atoms with Crippen molar-refractivity contribution in [3.63, 3.8) is 0 Å². The van der Waals surface area contributed by atoms with Gasteiger partial charge in [0.05, 0.1) is 12.5 Å². The lowest BCUT2D eigenvalue weighted by Gasteiger charge is -2.35. The van der Waals surface area contributed by atoms with E-state index < -0.39 is 24.1 Å². The Labute approximate surface area is 203 Å². The van der Waals surface area contributed by atoms with Crippen LogP contribution in [0, 0.1) is 5.92 Å². The van der Waals surface area contributed by atoms with E-state index in [4.69, 9.17) is 36.8 Å². The zero-order valence-electron chi connectivity index (χ0n) is 19.0. The number of piperazine rings is 1. The molecule has 2 aliphatic rings. The number of aliphatic hydroxyl groups excluding tert-OH is 2. The highest BCUT2D eigenvalue weighted by molar-refractivity contribution is 6.30. The Morgan fingerprint density at radius 2 is 1.53 bits per heavy atom. The Bertz CT molecular complexity index is 799. The number of halogens is 1. The molecule has 190 valence electrons. The van der Waals surface area contributed by atoms with Crippen LogP contribution < -0.4 is 4.90 Å². The number of aliphatic carboxylic acids is 2. The first-order chi connectivity index (χ1) is 16.1. The van der Waals surface area contributed by atoms with Gasteiger partial charge in [-0.05, 0) is 30.7 Å². The molecule has 1 aromatic rings. The van der Waals surface area contributed by atoms with E-state index in [1.165, 1.54) is 0 Å². The average Bonchev–Trinajstić information content (AvgIpc) is 3.18. The van der Waals surface area contributed by atoms with Gasteiger partial charge in [0.25, 0.3) is 0 Å². The second-order valence-electron chi connectivity index (χ2n) is 8.15. The average molecular weight is 502 g/mol. The molecule has 0 aromatic heterocycles. The fraction of sp³-hybridized carbons (Fsp3) is 0.591. The molecule has 1 amide bonds. The van der Waals surface area contributed by atoms with E-state index in [0.717, 1.165) is 64.5 Å². The quantitative estimate of drug-likeness (QED) is 0.359. The molecule has 1 aromatic carbocycles. The van der Waals surface area contributed by atoms with Gasteiger partial charge in [-0.15, -0.1) is 0 Å². The first-order valence-corrected chi connectivity index (χ1v) is 11.3. The van der Waals surface area contributed by atoms with Crippen LogP contribution in [-0.4, -0.2) is 120 Å². The summed E-state index contributed by atoms with van der Waals surface area (Å²) >= 11 is 5.93. The number of aliphatic hydroxyl groups is 2. The molecule has 2 fully saturated rings. The molecule has 34 heavy (non-hydrogen) atoms. The molecule has 2 saturated heterocycles. The Morgan fingerprint density at radius 1 is 1.00 bits per heavy atom. The van der Waals surface area contributed by atoms with Crippen LogP contribution in [0.2, 0.25) is 5.02 Å². The molecule has 2 aliphatic heterocycles. The Kier molecular flexibility index (Phi) is 11.2. The standard InChI is InChI=1S/C18H26ClN3O2.C4H6O6/c1-24-13-12-20-8-10-21(11-9-20)14-15-6-7-22(18(15)23)17-4-2-16(19)3-5-17;5-1(3(7)8)2(6)4(9)10/h2-5,15H,6-14H2,1H3;1-2,5-6H,(H,7,8)(H,9,10)/t15-;1-,2-/m11/s1. The van der Waals surface area contributed by atoms with Crippen molar-refractivity contribution in [1.29, 1.82) is 0 Å². The Hall–Kier alpha value is -2.28. The van der Waals surface area contributed by atoms with Crippen molar-refractivity contribution in [3.8, 4) is 0 Å². The first-order valence-electron chi connectivity index (χ1n) is 11.0. The summed E-state index contributed by atoms with van der Waals surface area (Å²) in [5.74, 6) is -3.17. The number of nitrogens with zero attached hydrogens (tertiary/aromatic N) is 3.